The molecule has 0 unspecified atom stereocenters. The summed E-state index contributed by atoms with van der Waals surface area (Å²) in [6.45, 7) is 19.7. The van der Waals surface area contributed by atoms with E-state index in [-0.39, 0.29) is 16.6 Å². The molecular weight excluding hydrogens is 306 g/mol. The van der Waals surface area contributed by atoms with Crippen LogP contribution in [0.15, 0.2) is 42.6 Å². The lowest BCUT2D eigenvalue weighted by atomic mass is 9.86. The number of aromatic nitrogens is 1. The summed E-state index contributed by atoms with van der Waals surface area (Å²) >= 11 is 0. The molecule has 2 heteroatoms. The molecule has 0 atom stereocenters. The van der Waals surface area contributed by atoms with Crippen molar-refractivity contribution in [2.24, 2.45) is 0 Å². The van der Waals surface area contributed by atoms with Gasteiger partial charge < -0.3 is 4.74 Å². The fraction of sp³-hybridized carbons (Fsp3) is 0.522. The quantitative estimate of drug-likeness (QED) is 0.623. The van der Waals surface area contributed by atoms with Crippen LogP contribution in [0.3, 0.4) is 0 Å². The van der Waals surface area contributed by atoms with E-state index in [0.717, 1.165) is 11.3 Å². The highest BCUT2D eigenvalue weighted by molar-refractivity contribution is 5.65. The number of hydrogen-bond donors (Lipinski definition) is 0. The van der Waals surface area contributed by atoms with Crippen LogP contribution in [0.4, 0.5) is 0 Å². The number of pyridine rings is 1. The molecule has 1 aromatic heterocycles. The molecule has 1 aromatic carbocycles. The molecule has 0 spiro atoms. The zero-order valence-electron chi connectivity index (χ0n) is 17.4. The van der Waals surface area contributed by atoms with Gasteiger partial charge in [-0.3, -0.25) is 0 Å². The van der Waals surface area contributed by atoms with Gasteiger partial charge >= 0.3 is 0 Å². The first kappa shape index (κ1) is 19.5. The maximum atomic E-state index is 6.27. The van der Waals surface area contributed by atoms with Crippen molar-refractivity contribution in [3.8, 4) is 17.0 Å². The molecule has 0 aliphatic rings. The molecule has 0 fully saturated rings. The van der Waals surface area contributed by atoms with Gasteiger partial charge in [0.15, 0.2) is 11.7 Å². The summed E-state index contributed by atoms with van der Waals surface area (Å²) in [4.78, 5) is 0. The Kier molecular flexibility index (Phi) is 5.05. The third-order valence-corrected chi connectivity index (χ3v) is 4.12. The summed E-state index contributed by atoms with van der Waals surface area (Å²) in [5, 5.41) is 0. The normalized spacial score (nSPS) is 13.0. The molecule has 0 radical (unpaired) electrons. The number of ether oxygens (including phenoxy) is 1. The third kappa shape index (κ3) is 4.84. The van der Waals surface area contributed by atoms with E-state index in [1.54, 1.807) is 0 Å². The van der Waals surface area contributed by atoms with E-state index in [1.165, 1.54) is 11.3 Å². The minimum Gasteiger partial charge on any atom is -0.487 e. The minimum atomic E-state index is -0.232. The van der Waals surface area contributed by atoms with E-state index in [4.69, 9.17) is 4.74 Å². The van der Waals surface area contributed by atoms with Crippen molar-refractivity contribution in [2.75, 3.05) is 0 Å². The molecule has 0 saturated carbocycles. The first-order chi connectivity index (χ1) is 11.3. The molecule has 2 nitrogen and oxygen atoms in total. The number of hydrogen-bond acceptors (Lipinski definition) is 1. The van der Waals surface area contributed by atoms with Crippen LogP contribution in [-0.4, -0.2) is 5.60 Å². The molecule has 0 bridgehead atoms. The van der Waals surface area contributed by atoms with Crippen LogP contribution in [0, 0.1) is 0 Å². The second-order valence-corrected chi connectivity index (χ2v) is 9.80. The Hall–Kier alpha value is -1.83. The van der Waals surface area contributed by atoms with Crippen LogP contribution in [0.2, 0.25) is 0 Å². The Bertz CT molecular complexity index is 740. The second-order valence-electron chi connectivity index (χ2n) is 9.80. The third-order valence-electron chi connectivity index (χ3n) is 4.12. The molecule has 0 saturated heterocycles. The van der Waals surface area contributed by atoms with Crippen molar-refractivity contribution in [3.63, 3.8) is 0 Å². The van der Waals surface area contributed by atoms with E-state index in [2.05, 4.69) is 103 Å². The lowest BCUT2D eigenvalue weighted by Gasteiger charge is -2.25. The van der Waals surface area contributed by atoms with Gasteiger partial charge in [-0.05, 0) is 43.9 Å². The van der Waals surface area contributed by atoms with Crippen molar-refractivity contribution in [2.45, 2.75) is 78.9 Å². The molecule has 0 aliphatic carbocycles. The highest BCUT2D eigenvalue weighted by atomic mass is 16.5. The summed E-state index contributed by atoms with van der Waals surface area (Å²) in [6.07, 6.45) is 2.21. The molecule has 2 rings (SSSR count). The number of para-hydroxylation sites is 1. The Morgan fingerprint density at radius 3 is 1.92 bits per heavy atom. The number of rotatable bonds is 2. The van der Waals surface area contributed by atoms with Gasteiger partial charge in [0.05, 0.1) is 5.56 Å². The van der Waals surface area contributed by atoms with Gasteiger partial charge in [0.25, 0.3) is 0 Å². The highest BCUT2D eigenvalue weighted by Crippen LogP contribution is 2.33. The van der Waals surface area contributed by atoms with Crippen molar-refractivity contribution < 1.29 is 9.30 Å². The van der Waals surface area contributed by atoms with Gasteiger partial charge in [0.2, 0.25) is 5.69 Å². The Balaban J connectivity index is 2.73. The molecule has 2 aromatic rings. The van der Waals surface area contributed by atoms with E-state index < -0.39 is 0 Å². The van der Waals surface area contributed by atoms with Crippen molar-refractivity contribution in [3.05, 3.63) is 48.2 Å². The van der Waals surface area contributed by atoms with E-state index in [0.29, 0.717) is 0 Å². The van der Waals surface area contributed by atoms with Gasteiger partial charge in [-0.1, -0.05) is 32.9 Å². The van der Waals surface area contributed by atoms with Gasteiger partial charge in [-0.15, -0.1) is 0 Å². The number of benzene rings is 1. The topological polar surface area (TPSA) is 13.1 Å². The van der Waals surface area contributed by atoms with Crippen LogP contribution >= 0.6 is 0 Å². The zero-order chi connectivity index (χ0) is 19.0. The average Bonchev–Trinajstić information content (AvgIpc) is 2.43. The largest absolute Gasteiger partial charge is 0.487 e. The molecule has 0 amide bonds. The maximum absolute atomic E-state index is 6.27. The van der Waals surface area contributed by atoms with Gasteiger partial charge in [-0.25, -0.2) is 0 Å². The first-order valence-corrected chi connectivity index (χ1v) is 9.14. The highest BCUT2D eigenvalue weighted by Gasteiger charge is 2.30. The molecule has 25 heavy (non-hydrogen) atoms. The van der Waals surface area contributed by atoms with Crippen LogP contribution in [-0.2, 0) is 11.0 Å². The van der Waals surface area contributed by atoms with E-state index in [9.17, 15) is 0 Å². The standard InChI is InChI=1S/C23H34NO/c1-21(2,3)17-14-15-24(22(4,5)6)19(16-17)18-12-10-11-13-20(18)25-23(7,8)9/h10-16H,1-9H3/q+1. The molecular formula is C23H34NO+. The van der Waals surface area contributed by atoms with Crippen LogP contribution in [0.25, 0.3) is 11.3 Å². The van der Waals surface area contributed by atoms with Crippen molar-refractivity contribution in [1.82, 2.24) is 0 Å². The lowest BCUT2D eigenvalue weighted by molar-refractivity contribution is -0.744. The summed E-state index contributed by atoms with van der Waals surface area (Å²) in [5.74, 6) is 0.930. The summed E-state index contributed by atoms with van der Waals surface area (Å²) in [5.41, 5.74) is 3.52. The fourth-order valence-corrected chi connectivity index (χ4v) is 2.86. The monoisotopic (exact) mass is 340 g/mol. The zero-order valence-corrected chi connectivity index (χ0v) is 17.4. The summed E-state index contributed by atoms with van der Waals surface area (Å²) < 4.78 is 8.61. The molecule has 0 aliphatic heterocycles. The van der Waals surface area contributed by atoms with Gasteiger partial charge in [0, 0.05) is 32.9 Å². The molecule has 0 N–H and O–H groups in total. The molecule has 136 valence electrons. The summed E-state index contributed by atoms with van der Waals surface area (Å²) in [6, 6.07) is 12.9. The Labute approximate surface area is 153 Å². The lowest BCUT2D eigenvalue weighted by Crippen LogP contribution is -2.51. The predicted octanol–water partition coefficient (Wildman–Crippen LogP) is 5.87. The predicted molar refractivity (Wildman–Crippen MR) is 106 cm³/mol. The average molecular weight is 341 g/mol. The SMILES string of the molecule is CC(C)(C)Oc1ccccc1-c1cc(C(C)(C)C)cc[n+]1C(C)(C)C. The van der Waals surface area contributed by atoms with Crippen LogP contribution < -0.4 is 9.30 Å². The van der Waals surface area contributed by atoms with Crippen molar-refractivity contribution in [1.29, 1.82) is 0 Å². The molecule has 1 heterocycles. The van der Waals surface area contributed by atoms with Crippen LogP contribution in [0.1, 0.15) is 67.9 Å². The smallest absolute Gasteiger partial charge is 0.216 e. The minimum absolute atomic E-state index is 0.0133. The van der Waals surface area contributed by atoms with Gasteiger partial charge in [0.1, 0.15) is 11.4 Å². The fourth-order valence-electron chi connectivity index (χ4n) is 2.86. The van der Waals surface area contributed by atoms with Gasteiger partial charge in [-0.2, -0.15) is 4.57 Å². The van der Waals surface area contributed by atoms with E-state index in [1.807, 2.05) is 6.07 Å². The van der Waals surface area contributed by atoms with Crippen molar-refractivity contribution >= 4 is 0 Å². The number of nitrogens with zero attached hydrogens (tertiary/aromatic N) is 1. The van der Waals surface area contributed by atoms with Crippen LogP contribution in [0.5, 0.6) is 5.75 Å². The first-order valence-electron chi connectivity index (χ1n) is 9.14. The Morgan fingerprint density at radius 1 is 0.800 bits per heavy atom. The Morgan fingerprint density at radius 2 is 1.40 bits per heavy atom. The summed E-state index contributed by atoms with van der Waals surface area (Å²) in [7, 11) is 0. The van der Waals surface area contributed by atoms with E-state index >= 15 is 0 Å². The second kappa shape index (κ2) is 6.48. The maximum Gasteiger partial charge on any atom is 0.216 e.